The molecule has 0 aliphatic carbocycles. The third-order valence-electron chi connectivity index (χ3n) is 3.30. The number of rotatable bonds is 6. The number of halogens is 1. The molecule has 0 radical (unpaired) electrons. The zero-order chi connectivity index (χ0) is 17.5. The van der Waals surface area contributed by atoms with Crippen LogP contribution >= 0.6 is 0 Å². The first-order valence-electron chi connectivity index (χ1n) is 7.37. The fraction of sp³-hybridized carbons (Fsp3) is 0.158. The second-order valence-corrected chi connectivity index (χ2v) is 5.32. The molecule has 5 heteroatoms. The minimum atomic E-state index is -0.388. The van der Waals surface area contributed by atoms with E-state index in [9.17, 15) is 14.0 Å². The molecule has 2 rings (SSSR count). The number of ether oxygens (including phenoxy) is 1. The van der Waals surface area contributed by atoms with Crippen molar-refractivity contribution in [1.29, 1.82) is 0 Å². The van der Waals surface area contributed by atoms with Gasteiger partial charge < -0.3 is 9.64 Å². The lowest BCUT2D eigenvalue weighted by Crippen LogP contribution is -2.27. The average molecular weight is 327 g/mol. The van der Waals surface area contributed by atoms with E-state index >= 15 is 0 Å². The van der Waals surface area contributed by atoms with Gasteiger partial charge in [-0.15, -0.1) is 0 Å². The predicted molar refractivity (Wildman–Crippen MR) is 90.4 cm³/mol. The smallest absolute Gasteiger partial charge is 0.259 e. The molecule has 0 fully saturated rings. The van der Waals surface area contributed by atoms with Crippen molar-refractivity contribution in [2.45, 2.75) is 0 Å². The van der Waals surface area contributed by atoms with Gasteiger partial charge in [-0.05, 0) is 30.4 Å². The van der Waals surface area contributed by atoms with Crippen LogP contribution in [-0.4, -0.2) is 37.3 Å². The van der Waals surface area contributed by atoms with E-state index in [1.807, 2.05) is 0 Å². The molecular weight excluding hydrogens is 309 g/mol. The van der Waals surface area contributed by atoms with Crippen molar-refractivity contribution < 1.29 is 18.7 Å². The molecule has 0 saturated carbocycles. The molecule has 0 spiro atoms. The first-order valence-corrected chi connectivity index (χ1v) is 7.37. The van der Waals surface area contributed by atoms with Crippen LogP contribution < -0.4 is 4.74 Å². The molecule has 2 aromatic carbocycles. The fourth-order valence-electron chi connectivity index (χ4n) is 1.89. The zero-order valence-electron chi connectivity index (χ0n) is 13.5. The van der Waals surface area contributed by atoms with Gasteiger partial charge in [-0.25, -0.2) is 4.39 Å². The Labute approximate surface area is 140 Å². The van der Waals surface area contributed by atoms with Crippen LogP contribution in [0.5, 0.6) is 5.75 Å². The second-order valence-electron chi connectivity index (χ2n) is 5.32. The Hall–Kier alpha value is -2.95. The summed E-state index contributed by atoms with van der Waals surface area (Å²) in [6.45, 7) is -0.101. The van der Waals surface area contributed by atoms with Crippen molar-refractivity contribution in [3.8, 4) is 5.75 Å². The van der Waals surface area contributed by atoms with Gasteiger partial charge in [0.2, 0.25) is 0 Å². The summed E-state index contributed by atoms with van der Waals surface area (Å²) in [6, 6.07) is 12.7. The predicted octanol–water partition coefficient (Wildman–Crippen LogP) is 3.19. The van der Waals surface area contributed by atoms with Crippen molar-refractivity contribution in [1.82, 2.24) is 4.90 Å². The second kappa shape index (κ2) is 8.06. The summed E-state index contributed by atoms with van der Waals surface area (Å²) in [5.41, 5.74) is 0.743. The van der Waals surface area contributed by atoms with E-state index < -0.39 is 0 Å². The Morgan fingerprint density at radius 1 is 1.12 bits per heavy atom. The lowest BCUT2D eigenvalue weighted by molar-refractivity contribution is -0.130. The minimum absolute atomic E-state index is 0.101. The molecule has 24 heavy (non-hydrogen) atoms. The number of carbonyl (C=O) groups is 2. The van der Waals surface area contributed by atoms with Crippen LogP contribution in [0.3, 0.4) is 0 Å². The largest absolute Gasteiger partial charge is 0.484 e. The lowest BCUT2D eigenvalue weighted by Gasteiger charge is -2.11. The van der Waals surface area contributed by atoms with Gasteiger partial charge in [-0.1, -0.05) is 30.3 Å². The highest BCUT2D eigenvalue weighted by molar-refractivity contribution is 6.07. The van der Waals surface area contributed by atoms with E-state index in [2.05, 4.69) is 0 Å². The van der Waals surface area contributed by atoms with E-state index in [0.29, 0.717) is 16.9 Å². The van der Waals surface area contributed by atoms with Crippen LogP contribution in [0.25, 0.3) is 6.08 Å². The van der Waals surface area contributed by atoms with Crippen LogP contribution in [-0.2, 0) is 4.79 Å². The van der Waals surface area contributed by atoms with Crippen LogP contribution in [0.4, 0.5) is 4.39 Å². The monoisotopic (exact) mass is 327 g/mol. The van der Waals surface area contributed by atoms with E-state index in [-0.39, 0.29) is 24.1 Å². The number of hydrogen-bond acceptors (Lipinski definition) is 3. The first kappa shape index (κ1) is 17.4. The molecule has 0 aromatic heterocycles. The summed E-state index contributed by atoms with van der Waals surface area (Å²) in [5, 5.41) is 0. The third-order valence-corrected chi connectivity index (χ3v) is 3.30. The number of allylic oxidation sites excluding steroid dienone is 1. The quantitative estimate of drug-likeness (QED) is 0.605. The third kappa shape index (κ3) is 4.78. The maximum atomic E-state index is 13.5. The fourth-order valence-corrected chi connectivity index (χ4v) is 1.89. The van der Waals surface area contributed by atoms with Crippen LogP contribution in [0.15, 0.2) is 54.6 Å². The van der Waals surface area contributed by atoms with Gasteiger partial charge in [-0.3, -0.25) is 9.59 Å². The molecule has 0 N–H and O–H groups in total. The minimum Gasteiger partial charge on any atom is -0.484 e. The topological polar surface area (TPSA) is 46.6 Å². The maximum Gasteiger partial charge on any atom is 0.259 e. The number of ketones is 1. The normalized spacial score (nSPS) is 10.6. The lowest BCUT2D eigenvalue weighted by atomic mass is 10.1. The molecule has 0 saturated heterocycles. The molecular formula is C19H18FNO3. The Morgan fingerprint density at radius 3 is 2.58 bits per heavy atom. The standard InChI is InChI=1S/C19H18FNO3/c1-21(2)19(23)13-24-16-8-5-7-15(12-16)18(22)11-10-14-6-3-4-9-17(14)20/h3-12H,13H2,1-2H3/b11-10+. The Balaban J connectivity index is 2.06. The summed E-state index contributed by atoms with van der Waals surface area (Å²) >= 11 is 0. The van der Waals surface area contributed by atoms with Gasteiger partial charge in [0.25, 0.3) is 5.91 Å². The van der Waals surface area contributed by atoms with Crippen molar-refractivity contribution in [3.63, 3.8) is 0 Å². The molecule has 0 aliphatic heterocycles. The highest BCUT2D eigenvalue weighted by Gasteiger charge is 2.07. The molecule has 0 heterocycles. The summed E-state index contributed by atoms with van der Waals surface area (Å²) < 4.78 is 18.9. The number of benzene rings is 2. The van der Waals surface area contributed by atoms with E-state index in [4.69, 9.17) is 4.74 Å². The number of amides is 1. The molecule has 0 unspecified atom stereocenters. The van der Waals surface area contributed by atoms with Crippen molar-refractivity contribution in [2.75, 3.05) is 20.7 Å². The molecule has 0 bridgehead atoms. The Morgan fingerprint density at radius 2 is 1.88 bits per heavy atom. The van der Waals surface area contributed by atoms with Gasteiger partial charge in [0.05, 0.1) is 0 Å². The molecule has 4 nitrogen and oxygen atoms in total. The van der Waals surface area contributed by atoms with Gasteiger partial charge in [0.1, 0.15) is 11.6 Å². The molecule has 0 atom stereocenters. The molecule has 1 amide bonds. The molecule has 0 aliphatic rings. The molecule has 2 aromatic rings. The van der Waals surface area contributed by atoms with Crippen molar-refractivity contribution in [2.24, 2.45) is 0 Å². The average Bonchev–Trinajstić information content (AvgIpc) is 2.58. The van der Waals surface area contributed by atoms with Gasteiger partial charge in [0.15, 0.2) is 12.4 Å². The first-order chi connectivity index (χ1) is 11.5. The number of carbonyl (C=O) groups excluding carboxylic acids is 2. The Bertz CT molecular complexity index is 769. The van der Waals surface area contributed by atoms with E-state index in [0.717, 1.165) is 0 Å². The van der Waals surface area contributed by atoms with Gasteiger partial charge in [0, 0.05) is 25.2 Å². The van der Waals surface area contributed by atoms with Crippen molar-refractivity contribution in [3.05, 3.63) is 71.6 Å². The SMILES string of the molecule is CN(C)C(=O)COc1cccc(C(=O)/C=C/c2ccccc2F)c1. The highest BCUT2D eigenvalue weighted by atomic mass is 19.1. The number of nitrogens with zero attached hydrogens (tertiary/aromatic N) is 1. The number of likely N-dealkylation sites (N-methyl/N-ethyl adjacent to an activating group) is 1. The van der Waals surface area contributed by atoms with Gasteiger partial charge in [-0.2, -0.15) is 0 Å². The molecule has 124 valence electrons. The zero-order valence-corrected chi connectivity index (χ0v) is 13.5. The van der Waals surface area contributed by atoms with Gasteiger partial charge >= 0.3 is 0 Å². The Kier molecular flexibility index (Phi) is 5.84. The van der Waals surface area contributed by atoms with Crippen LogP contribution in [0.2, 0.25) is 0 Å². The van der Waals surface area contributed by atoms with E-state index in [1.54, 1.807) is 56.6 Å². The van der Waals surface area contributed by atoms with Crippen molar-refractivity contribution >= 4 is 17.8 Å². The van der Waals surface area contributed by atoms with Crippen LogP contribution in [0.1, 0.15) is 15.9 Å². The summed E-state index contributed by atoms with van der Waals surface area (Å²) in [7, 11) is 3.28. The maximum absolute atomic E-state index is 13.5. The summed E-state index contributed by atoms with van der Waals surface area (Å²) in [6.07, 6.45) is 2.74. The number of hydrogen-bond donors (Lipinski definition) is 0. The van der Waals surface area contributed by atoms with Crippen LogP contribution in [0, 0.1) is 5.82 Å². The van der Waals surface area contributed by atoms with E-state index in [1.165, 1.54) is 23.1 Å². The summed E-state index contributed by atoms with van der Waals surface area (Å²) in [4.78, 5) is 25.1. The summed E-state index contributed by atoms with van der Waals surface area (Å²) in [5.74, 6) is -0.412. The highest BCUT2D eigenvalue weighted by Crippen LogP contribution is 2.15.